The number of hydrogen-bond donors (Lipinski definition) is 1. The maximum absolute atomic E-state index is 12.5. The molecule has 0 atom stereocenters. The van der Waals surface area contributed by atoms with Crippen molar-refractivity contribution in [3.63, 3.8) is 0 Å². The molecule has 6 heteroatoms. The van der Waals surface area contributed by atoms with Crippen molar-refractivity contribution in [1.82, 2.24) is 9.62 Å². The van der Waals surface area contributed by atoms with E-state index in [2.05, 4.69) is 12.2 Å². The Morgan fingerprint density at radius 1 is 1.20 bits per heavy atom. The van der Waals surface area contributed by atoms with Crippen LogP contribution in [0, 0.1) is 0 Å². The van der Waals surface area contributed by atoms with Gasteiger partial charge in [-0.15, -0.1) is 11.3 Å². The molecule has 0 amide bonds. The molecule has 0 aromatic carbocycles. The van der Waals surface area contributed by atoms with Gasteiger partial charge in [0.15, 0.2) is 0 Å². The number of nitrogens with zero attached hydrogens (tertiary/aromatic N) is 1. The summed E-state index contributed by atoms with van der Waals surface area (Å²) in [5.74, 6) is 0. The Hall–Kier alpha value is -0.430. The highest BCUT2D eigenvalue weighted by atomic mass is 32.2. The van der Waals surface area contributed by atoms with Crippen molar-refractivity contribution in [2.24, 2.45) is 0 Å². The van der Waals surface area contributed by atoms with Crippen LogP contribution in [0.25, 0.3) is 0 Å². The fraction of sp³-hybridized carbons (Fsp3) is 0.714. The van der Waals surface area contributed by atoms with Crippen molar-refractivity contribution >= 4 is 21.4 Å². The summed E-state index contributed by atoms with van der Waals surface area (Å²) in [7, 11) is -3.25. The third-order valence-corrected chi connectivity index (χ3v) is 7.03. The van der Waals surface area contributed by atoms with Crippen molar-refractivity contribution in [3.8, 4) is 0 Å². The minimum Gasteiger partial charge on any atom is -0.316 e. The smallest absolute Gasteiger partial charge is 0.252 e. The first-order valence-electron chi connectivity index (χ1n) is 7.44. The number of piperidine rings is 1. The second-order valence-corrected chi connectivity index (χ2v) is 8.52. The summed E-state index contributed by atoms with van der Waals surface area (Å²) >= 11 is 1.42. The molecule has 0 radical (unpaired) electrons. The van der Waals surface area contributed by atoms with Gasteiger partial charge >= 0.3 is 0 Å². The largest absolute Gasteiger partial charge is 0.316 e. The summed E-state index contributed by atoms with van der Waals surface area (Å²) in [5.41, 5.74) is 0. The summed E-state index contributed by atoms with van der Waals surface area (Å²) < 4.78 is 27.1. The van der Waals surface area contributed by atoms with Crippen molar-refractivity contribution < 1.29 is 8.42 Å². The zero-order valence-corrected chi connectivity index (χ0v) is 13.7. The number of thiophene rings is 1. The Kier molecular flexibility index (Phi) is 6.01. The van der Waals surface area contributed by atoms with E-state index in [9.17, 15) is 8.42 Å². The third kappa shape index (κ3) is 4.04. The molecule has 4 nitrogen and oxygen atoms in total. The highest BCUT2D eigenvalue weighted by Gasteiger charge is 2.27. The van der Waals surface area contributed by atoms with Crippen LogP contribution in [-0.2, 0) is 16.4 Å². The molecule has 1 aromatic rings. The number of rotatable bonds is 7. The average molecular weight is 316 g/mol. The van der Waals surface area contributed by atoms with E-state index in [0.717, 1.165) is 50.1 Å². The fourth-order valence-electron chi connectivity index (χ4n) is 2.38. The van der Waals surface area contributed by atoms with Crippen molar-refractivity contribution in [2.75, 3.05) is 26.2 Å². The lowest BCUT2D eigenvalue weighted by Gasteiger charge is -2.25. The summed E-state index contributed by atoms with van der Waals surface area (Å²) in [5, 5.41) is 3.34. The summed E-state index contributed by atoms with van der Waals surface area (Å²) in [6.07, 6.45) is 5.14. The van der Waals surface area contributed by atoms with Gasteiger partial charge in [-0.2, -0.15) is 4.31 Å². The maximum atomic E-state index is 12.5. The Labute approximate surface area is 126 Å². The fourth-order valence-corrected chi connectivity index (χ4v) is 5.40. The molecule has 20 heavy (non-hydrogen) atoms. The first kappa shape index (κ1) is 15.9. The molecule has 1 aliphatic heterocycles. The lowest BCUT2D eigenvalue weighted by Crippen LogP contribution is -2.35. The van der Waals surface area contributed by atoms with Crippen LogP contribution in [0.4, 0.5) is 0 Å². The molecule has 1 aliphatic rings. The van der Waals surface area contributed by atoms with Crippen molar-refractivity contribution in [1.29, 1.82) is 0 Å². The van der Waals surface area contributed by atoms with Crippen LogP contribution in [0.15, 0.2) is 16.3 Å². The van der Waals surface area contributed by atoms with Crippen molar-refractivity contribution in [2.45, 2.75) is 43.2 Å². The zero-order chi connectivity index (χ0) is 14.4. The molecule has 0 spiro atoms. The Morgan fingerprint density at radius 3 is 2.65 bits per heavy atom. The van der Waals surface area contributed by atoms with E-state index >= 15 is 0 Å². The Morgan fingerprint density at radius 2 is 1.95 bits per heavy atom. The molecule has 0 bridgehead atoms. The monoisotopic (exact) mass is 316 g/mol. The summed E-state index contributed by atoms with van der Waals surface area (Å²) in [6.45, 7) is 5.42. The van der Waals surface area contributed by atoms with E-state index in [1.807, 2.05) is 6.07 Å². The van der Waals surface area contributed by atoms with Gasteiger partial charge in [0.05, 0.1) is 0 Å². The lowest BCUT2D eigenvalue weighted by molar-refractivity contribution is 0.347. The van der Waals surface area contributed by atoms with E-state index in [1.54, 1.807) is 10.4 Å². The van der Waals surface area contributed by atoms with Gasteiger partial charge in [-0.3, -0.25) is 0 Å². The van der Waals surface area contributed by atoms with Gasteiger partial charge in [-0.05, 0) is 50.9 Å². The zero-order valence-electron chi connectivity index (χ0n) is 12.1. The molecular formula is C14H24N2O2S2. The van der Waals surface area contributed by atoms with Gasteiger partial charge in [-0.25, -0.2) is 8.42 Å². The van der Waals surface area contributed by atoms with Crippen LogP contribution < -0.4 is 5.32 Å². The van der Waals surface area contributed by atoms with E-state index in [0.29, 0.717) is 17.3 Å². The SMILES string of the molecule is CCCNCCc1ccc(S(=O)(=O)N2CCCCC2)s1. The summed E-state index contributed by atoms with van der Waals surface area (Å²) in [4.78, 5) is 1.14. The molecule has 0 unspecified atom stereocenters. The molecule has 2 rings (SSSR count). The van der Waals surface area contributed by atoms with Crippen LogP contribution in [0.5, 0.6) is 0 Å². The highest BCUT2D eigenvalue weighted by Crippen LogP contribution is 2.27. The molecule has 1 fully saturated rings. The van der Waals surface area contributed by atoms with Crippen LogP contribution in [0.2, 0.25) is 0 Å². The van der Waals surface area contributed by atoms with E-state index < -0.39 is 10.0 Å². The molecule has 1 saturated heterocycles. The van der Waals surface area contributed by atoms with Crippen LogP contribution >= 0.6 is 11.3 Å². The predicted molar refractivity (Wildman–Crippen MR) is 83.8 cm³/mol. The van der Waals surface area contributed by atoms with Gasteiger partial charge in [0.25, 0.3) is 10.0 Å². The van der Waals surface area contributed by atoms with Crippen LogP contribution in [-0.4, -0.2) is 38.9 Å². The van der Waals surface area contributed by atoms with Crippen LogP contribution in [0.1, 0.15) is 37.5 Å². The molecule has 2 heterocycles. The second kappa shape index (κ2) is 7.54. The van der Waals surface area contributed by atoms with Gasteiger partial charge in [0, 0.05) is 18.0 Å². The molecular weight excluding hydrogens is 292 g/mol. The third-order valence-electron chi connectivity index (χ3n) is 3.52. The first-order valence-corrected chi connectivity index (χ1v) is 9.70. The number of sulfonamides is 1. The molecule has 1 aromatic heterocycles. The van der Waals surface area contributed by atoms with Gasteiger partial charge < -0.3 is 5.32 Å². The topological polar surface area (TPSA) is 49.4 Å². The number of hydrogen-bond acceptors (Lipinski definition) is 4. The minimum absolute atomic E-state index is 0.505. The van der Waals surface area contributed by atoms with E-state index in [-0.39, 0.29) is 0 Å². The lowest BCUT2D eigenvalue weighted by atomic mass is 10.2. The summed E-state index contributed by atoms with van der Waals surface area (Å²) in [6, 6.07) is 3.72. The Balaban J connectivity index is 1.96. The molecule has 0 aliphatic carbocycles. The van der Waals surface area contributed by atoms with Gasteiger partial charge in [0.1, 0.15) is 4.21 Å². The van der Waals surface area contributed by atoms with E-state index in [1.165, 1.54) is 11.3 Å². The number of nitrogens with one attached hydrogen (secondary N) is 1. The Bertz CT molecular complexity index is 505. The second-order valence-electron chi connectivity index (χ2n) is 5.19. The molecule has 0 saturated carbocycles. The van der Waals surface area contributed by atoms with Crippen molar-refractivity contribution in [3.05, 3.63) is 17.0 Å². The average Bonchev–Trinajstić information content (AvgIpc) is 2.94. The van der Waals surface area contributed by atoms with Gasteiger partial charge in [0.2, 0.25) is 0 Å². The molecule has 1 N–H and O–H groups in total. The van der Waals surface area contributed by atoms with E-state index in [4.69, 9.17) is 0 Å². The van der Waals surface area contributed by atoms with Gasteiger partial charge in [-0.1, -0.05) is 13.3 Å². The minimum atomic E-state index is -3.25. The quantitative estimate of drug-likeness (QED) is 0.786. The maximum Gasteiger partial charge on any atom is 0.252 e. The molecule has 114 valence electrons. The normalized spacial score (nSPS) is 17.4. The highest BCUT2D eigenvalue weighted by molar-refractivity contribution is 7.91. The standard InChI is InChI=1S/C14H24N2O2S2/c1-2-9-15-10-8-13-6-7-14(19-13)20(17,18)16-11-4-3-5-12-16/h6-7,15H,2-5,8-12H2,1H3. The van der Waals surface area contributed by atoms with Crippen LogP contribution in [0.3, 0.4) is 0 Å². The first-order chi connectivity index (χ1) is 9.64. The predicted octanol–water partition coefficient (Wildman–Crippen LogP) is 2.46.